The first-order chi connectivity index (χ1) is 6.81. The van der Waals surface area contributed by atoms with E-state index in [1.807, 2.05) is 7.05 Å². The average Bonchev–Trinajstić information content (AvgIpc) is 2.77. The van der Waals surface area contributed by atoms with Gasteiger partial charge in [-0.2, -0.15) is 0 Å². The van der Waals surface area contributed by atoms with E-state index in [1.165, 1.54) is 30.9 Å². The van der Waals surface area contributed by atoms with Crippen molar-refractivity contribution in [1.82, 2.24) is 14.5 Å². The van der Waals surface area contributed by atoms with Gasteiger partial charge in [-0.05, 0) is 26.3 Å². The van der Waals surface area contributed by atoms with E-state index in [2.05, 4.69) is 26.7 Å². The van der Waals surface area contributed by atoms with Crippen LogP contribution >= 0.6 is 11.5 Å². The molecule has 4 nitrogen and oxygen atoms in total. The molecule has 1 aromatic heterocycles. The van der Waals surface area contributed by atoms with Crippen LogP contribution in [0.4, 0.5) is 5.00 Å². The highest BCUT2D eigenvalue weighted by Gasteiger charge is 2.22. The third kappa shape index (κ3) is 1.88. The van der Waals surface area contributed by atoms with Gasteiger partial charge in [-0.25, -0.2) is 0 Å². The molecule has 78 valence electrons. The van der Waals surface area contributed by atoms with Crippen LogP contribution in [0.5, 0.6) is 0 Å². The lowest BCUT2D eigenvalue weighted by Gasteiger charge is -2.19. The maximum Gasteiger partial charge on any atom is 0.134 e. The highest BCUT2D eigenvalue weighted by Crippen LogP contribution is 2.23. The molecule has 1 N–H and O–H groups in total. The summed E-state index contributed by atoms with van der Waals surface area (Å²) in [5.41, 5.74) is 1.09. The first kappa shape index (κ1) is 9.86. The van der Waals surface area contributed by atoms with Crippen LogP contribution in [-0.2, 0) is 6.54 Å². The Hall–Kier alpha value is -0.680. The third-order valence-corrected chi connectivity index (χ3v) is 3.61. The molecule has 1 aliphatic heterocycles. The Bertz CT molecular complexity index is 299. The molecule has 0 amide bonds. The zero-order valence-corrected chi connectivity index (χ0v) is 9.47. The normalized spacial score (nSPS) is 22.9. The minimum absolute atomic E-state index is 0.696. The van der Waals surface area contributed by atoms with E-state index in [9.17, 15) is 0 Å². The van der Waals surface area contributed by atoms with E-state index >= 15 is 0 Å². The minimum Gasteiger partial charge on any atom is -0.377 e. The van der Waals surface area contributed by atoms with Crippen molar-refractivity contribution in [2.24, 2.45) is 0 Å². The molecule has 0 bridgehead atoms. The molecule has 0 spiro atoms. The van der Waals surface area contributed by atoms with Crippen LogP contribution < -0.4 is 5.32 Å². The Morgan fingerprint density at radius 2 is 2.50 bits per heavy atom. The van der Waals surface area contributed by atoms with Crippen molar-refractivity contribution < 1.29 is 0 Å². The predicted octanol–water partition coefficient (Wildman–Crippen LogP) is 1.56. The second kappa shape index (κ2) is 4.23. The fraction of sp³-hybridized carbons (Fsp3) is 0.778. The van der Waals surface area contributed by atoms with Gasteiger partial charge in [-0.3, -0.25) is 4.90 Å². The van der Waals surface area contributed by atoms with Crippen LogP contribution in [0.15, 0.2) is 0 Å². The zero-order chi connectivity index (χ0) is 9.97. The molecule has 1 unspecified atom stereocenters. The Morgan fingerprint density at radius 3 is 3.14 bits per heavy atom. The summed E-state index contributed by atoms with van der Waals surface area (Å²) >= 11 is 1.44. The van der Waals surface area contributed by atoms with Gasteiger partial charge >= 0.3 is 0 Å². The summed E-state index contributed by atoms with van der Waals surface area (Å²) in [5, 5.41) is 8.38. The molecule has 5 heteroatoms. The molecule has 2 heterocycles. The number of nitrogens with zero attached hydrogens (tertiary/aromatic N) is 3. The molecule has 0 aliphatic carbocycles. The fourth-order valence-corrected chi connectivity index (χ4v) is 2.45. The summed E-state index contributed by atoms with van der Waals surface area (Å²) in [6.45, 7) is 4.42. The molecule has 1 aliphatic rings. The number of hydrogen-bond acceptors (Lipinski definition) is 5. The molecule has 0 saturated carbocycles. The lowest BCUT2D eigenvalue weighted by atomic mass is 10.2. The molecule has 14 heavy (non-hydrogen) atoms. The van der Waals surface area contributed by atoms with Crippen molar-refractivity contribution >= 4 is 16.5 Å². The predicted molar refractivity (Wildman–Crippen MR) is 58.6 cm³/mol. The maximum atomic E-state index is 4.15. The first-order valence-corrected chi connectivity index (χ1v) is 5.81. The Labute approximate surface area is 88.5 Å². The monoisotopic (exact) mass is 212 g/mol. The van der Waals surface area contributed by atoms with Crippen molar-refractivity contribution in [3.8, 4) is 0 Å². The number of hydrogen-bond donors (Lipinski definition) is 1. The lowest BCUT2D eigenvalue weighted by Crippen LogP contribution is -2.26. The largest absolute Gasteiger partial charge is 0.377 e. The van der Waals surface area contributed by atoms with Gasteiger partial charge in [-0.1, -0.05) is 4.49 Å². The maximum absolute atomic E-state index is 4.15. The number of aromatic nitrogens is 2. The molecule has 1 saturated heterocycles. The van der Waals surface area contributed by atoms with E-state index < -0.39 is 0 Å². The zero-order valence-electron chi connectivity index (χ0n) is 8.66. The number of likely N-dealkylation sites (tertiary alicyclic amines) is 1. The SMILES string of the molecule is CNc1snnc1CN1CCCC1C. The molecule has 1 atom stereocenters. The van der Waals surface area contributed by atoms with E-state index in [1.54, 1.807) is 0 Å². The van der Waals surface area contributed by atoms with Gasteiger partial charge in [0.15, 0.2) is 0 Å². The molecular formula is C9H16N4S. The summed E-state index contributed by atoms with van der Waals surface area (Å²) in [7, 11) is 1.92. The molecular weight excluding hydrogens is 196 g/mol. The standard InChI is InChI=1S/C9H16N4S/c1-7-4-3-5-13(7)6-8-9(10-2)14-12-11-8/h7,10H,3-6H2,1-2H3. The van der Waals surface area contributed by atoms with E-state index in [0.29, 0.717) is 6.04 Å². The quantitative estimate of drug-likeness (QED) is 0.825. The second-order valence-corrected chi connectivity index (χ2v) is 4.51. The van der Waals surface area contributed by atoms with Gasteiger partial charge in [-0.15, -0.1) is 5.10 Å². The summed E-state index contributed by atoms with van der Waals surface area (Å²) in [6.07, 6.45) is 2.63. The van der Waals surface area contributed by atoms with Crippen molar-refractivity contribution in [2.45, 2.75) is 32.4 Å². The van der Waals surface area contributed by atoms with Crippen molar-refractivity contribution in [1.29, 1.82) is 0 Å². The van der Waals surface area contributed by atoms with Crippen LogP contribution in [0, 0.1) is 0 Å². The van der Waals surface area contributed by atoms with Crippen molar-refractivity contribution in [2.75, 3.05) is 18.9 Å². The molecule has 0 aromatic carbocycles. The van der Waals surface area contributed by atoms with Gasteiger partial charge in [0.1, 0.15) is 10.7 Å². The Morgan fingerprint density at radius 1 is 1.64 bits per heavy atom. The van der Waals surface area contributed by atoms with Gasteiger partial charge < -0.3 is 5.32 Å². The topological polar surface area (TPSA) is 41.1 Å². The van der Waals surface area contributed by atoms with E-state index in [4.69, 9.17) is 0 Å². The van der Waals surface area contributed by atoms with Crippen LogP contribution in [0.25, 0.3) is 0 Å². The van der Waals surface area contributed by atoms with Crippen LogP contribution in [0.1, 0.15) is 25.5 Å². The second-order valence-electron chi connectivity index (χ2n) is 3.76. The number of anilines is 1. The van der Waals surface area contributed by atoms with E-state index in [0.717, 1.165) is 17.2 Å². The summed E-state index contributed by atoms with van der Waals surface area (Å²) < 4.78 is 3.96. The van der Waals surface area contributed by atoms with Gasteiger partial charge in [0.25, 0.3) is 0 Å². The van der Waals surface area contributed by atoms with E-state index in [-0.39, 0.29) is 0 Å². The smallest absolute Gasteiger partial charge is 0.134 e. The molecule has 2 rings (SSSR count). The summed E-state index contributed by atoms with van der Waals surface area (Å²) in [6, 6.07) is 0.696. The highest BCUT2D eigenvalue weighted by molar-refractivity contribution is 7.10. The van der Waals surface area contributed by atoms with Gasteiger partial charge in [0.2, 0.25) is 0 Å². The highest BCUT2D eigenvalue weighted by atomic mass is 32.1. The Kier molecular flexibility index (Phi) is 2.98. The Balaban J connectivity index is 2.02. The van der Waals surface area contributed by atoms with Gasteiger partial charge in [0.05, 0.1) is 0 Å². The first-order valence-electron chi connectivity index (χ1n) is 5.04. The average molecular weight is 212 g/mol. The van der Waals surface area contributed by atoms with Crippen LogP contribution in [-0.4, -0.2) is 34.1 Å². The van der Waals surface area contributed by atoms with Crippen molar-refractivity contribution in [3.63, 3.8) is 0 Å². The summed E-state index contributed by atoms with van der Waals surface area (Å²) in [5.74, 6) is 0. The summed E-state index contributed by atoms with van der Waals surface area (Å²) in [4.78, 5) is 2.47. The van der Waals surface area contributed by atoms with Crippen molar-refractivity contribution in [3.05, 3.63) is 5.69 Å². The molecule has 1 aromatic rings. The lowest BCUT2D eigenvalue weighted by molar-refractivity contribution is 0.257. The molecule has 1 fully saturated rings. The number of rotatable bonds is 3. The van der Waals surface area contributed by atoms with Crippen LogP contribution in [0.2, 0.25) is 0 Å². The van der Waals surface area contributed by atoms with Crippen LogP contribution in [0.3, 0.4) is 0 Å². The fourth-order valence-electron chi connectivity index (χ4n) is 1.92. The molecule has 0 radical (unpaired) electrons. The minimum atomic E-state index is 0.696. The van der Waals surface area contributed by atoms with Gasteiger partial charge in [0, 0.05) is 31.2 Å². The number of nitrogens with one attached hydrogen (secondary N) is 1. The third-order valence-electron chi connectivity index (χ3n) is 2.83.